The zero-order chi connectivity index (χ0) is 9.07. The van der Waals surface area contributed by atoms with E-state index >= 15 is 0 Å². The molecule has 0 spiro atoms. The van der Waals surface area contributed by atoms with Crippen LogP contribution >= 0.6 is 0 Å². The third-order valence-corrected chi connectivity index (χ3v) is 0.912. The van der Waals surface area contributed by atoms with Gasteiger partial charge >= 0.3 is 0 Å². The number of allylic oxidation sites excluding steroid dienone is 2. The molecule has 0 fully saturated rings. The molecule has 0 aliphatic heterocycles. The lowest BCUT2D eigenvalue weighted by atomic mass is 10.5. The summed E-state index contributed by atoms with van der Waals surface area (Å²) >= 11 is 0. The molecule has 0 atom stereocenters. The molecule has 0 aliphatic rings. The summed E-state index contributed by atoms with van der Waals surface area (Å²) in [4.78, 5) is 0. The topological polar surface area (TPSA) is 18.5 Å². The van der Waals surface area contributed by atoms with Gasteiger partial charge in [0.1, 0.15) is 0 Å². The van der Waals surface area contributed by atoms with Crippen molar-refractivity contribution in [3.8, 4) is 11.8 Å². The second kappa shape index (κ2) is 9.64. The molecular formula is C10H14O2. The van der Waals surface area contributed by atoms with E-state index in [4.69, 9.17) is 9.47 Å². The fraction of sp³-hybridized carbons (Fsp3) is 0.400. The quantitative estimate of drug-likeness (QED) is 0.470. The van der Waals surface area contributed by atoms with Crippen molar-refractivity contribution >= 4 is 0 Å². The Labute approximate surface area is 73.9 Å². The molecule has 0 rings (SSSR count). The fourth-order valence-electron chi connectivity index (χ4n) is 0.453. The number of hydrogen-bond acceptors (Lipinski definition) is 2. The van der Waals surface area contributed by atoms with Gasteiger partial charge in [-0.25, -0.2) is 0 Å². The molecule has 0 aliphatic carbocycles. The standard InChI is InChI=1S/C10H14O2/c1-3-11-9-7-5-6-8-10-12-4-2/h7-10H,3-4H2,1-2H3/b9-7+,10-8+. The Kier molecular flexibility index (Phi) is 8.55. The highest BCUT2D eigenvalue weighted by atomic mass is 16.5. The highest BCUT2D eigenvalue weighted by Crippen LogP contribution is 1.76. The van der Waals surface area contributed by atoms with E-state index in [9.17, 15) is 0 Å². The molecule has 0 aromatic rings. The van der Waals surface area contributed by atoms with Gasteiger partial charge in [0.2, 0.25) is 0 Å². The summed E-state index contributed by atoms with van der Waals surface area (Å²) in [5, 5.41) is 0. The average Bonchev–Trinajstić information content (AvgIpc) is 2.10. The minimum absolute atomic E-state index is 0.674. The van der Waals surface area contributed by atoms with E-state index in [1.807, 2.05) is 13.8 Å². The predicted octanol–water partition coefficient (Wildman–Crippen LogP) is 2.09. The maximum atomic E-state index is 4.92. The molecule has 0 radical (unpaired) electrons. The van der Waals surface area contributed by atoms with Crippen molar-refractivity contribution in [3.63, 3.8) is 0 Å². The maximum Gasteiger partial charge on any atom is 0.0912 e. The van der Waals surface area contributed by atoms with E-state index < -0.39 is 0 Å². The highest BCUT2D eigenvalue weighted by molar-refractivity contribution is 5.21. The second-order valence-electron chi connectivity index (χ2n) is 1.80. The summed E-state index contributed by atoms with van der Waals surface area (Å²) in [5.41, 5.74) is 0. The van der Waals surface area contributed by atoms with Crippen molar-refractivity contribution in [2.45, 2.75) is 13.8 Å². The van der Waals surface area contributed by atoms with Crippen LogP contribution in [0.25, 0.3) is 0 Å². The van der Waals surface area contributed by atoms with Gasteiger partial charge in [-0.15, -0.1) is 0 Å². The smallest absolute Gasteiger partial charge is 0.0912 e. The molecular weight excluding hydrogens is 152 g/mol. The van der Waals surface area contributed by atoms with Crippen LogP contribution in [0.3, 0.4) is 0 Å². The van der Waals surface area contributed by atoms with E-state index in [0.29, 0.717) is 13.2 Å². The first-order valence-corrected chi connectivity index (χ1v) is 3.96. The largest absolute Gasteiger partial charge is 0.501 e. The zero-order valence-corrected chi connectivity index (χ0v) is 7.54. The molecule has 66 valence electrons. The molecule has 0 aromatic carbocycles. The Morgan fingerprint density at radius 1 is 0.917 bits per heavy atom. The van der Waals surface area contributed by atoms with Gasteiger partial charge in [0.25, 0.3) is 0 Å². The number of hydrogen-bond donors (Lipinski definition) is 0. The normalized spacial score (nSPS) is 9.83. The third-order valence-electron chi connectivity index (χ3n) is 0.912. The van der Waals surface area contributed by atoms with Gasteiger partial charge in [0, 0.05) is 12.2 Å². The van der Waals surface area contributed by atoms with Gasteiger partial charge in [-0.05, 0) is 13.8 Å². The van der Waals surface area contributed by atoms with E-state index in [1.165, 1.54) is 0 Å². The van der Waals surface area contributed by atoms with Crippen molar-refractivity contribution in [2.75, 3.05) is 13.2 Å². The SMILES string of the molecule is CCO/C=C/C#C/C=C/OCC. The van der Waals surface area contributed by atoms with Crippen LogP contribution in [0.15, 0.2) is 24.7 Å². The Balaban J connectivity index is 3.45. The highest BCUT2D eigenvalue weighted by Gasteiger charge is 1.66. The first kappa shape index (κ1) is 10.6. The summed E-state index contributed by atoms with van der Waals surface area (Å²) in [6.45, 7) is 5.19. The van der Waals surface area contributed by atoms with Crippen LogP contribution in [0.2, 0.25) is 0 Å². The van der Waals surface area contributed by atoms with Crippen molar-refractivity contribution in [3.05, 3.63) is 24.7 Å². The molecule has 12 heavy (non-hydrogen) atoms. The van der Waals surface area contributed by atoms with Gasteiger partial charge in [-0.3, -0.25) is 0 Å². The summed E-state index contributed by atoms with van der Waals surface area (Å²) in [7, 11) is 0. The van der Waals surface area contributed by atoms with Gasteiger partial charge < -0.3 is 9.47 Å². The van der Waals surface area contributed by atoms with Crippen LogP contribution in [-0.4, -0.2) is 13.2 Å². The molecule has 0 amide bonds. The minimum atomic E-state index is 0.674. The lowest BCUT2D eigenvalue weighted by molar-refractivity contribution is 0.269. The maximum absolute atomic E-state index is 4.92. The van der Waals surface area contributed by atoms with Gasteiger partial charge in [-0.2, -0.15) is 0 Å². The van der Waals surface area contributed by atoms with Gasteiger partial charge in [0.15, 0.2) is 0 Å². The summed E-state index contributed by atoms with van der Waals surface area (Å²) in [6.07, 6.45) is 6.45. The molecule has 0 saturated heterocycles. The Morgan fingerprint density at radius 3 is 1.67 bits per heavy atom. The molecule has 0 heterocycles. The first-order valence-electron chi connectivity index (χ1n) is 3.96. The number of rotatable bonds is 4. The fourth-order valence-corrected chi connectivity index (χ4v) is 0.453. The van der Waals surface area contributed by atoms with Crippen molar-refractivity contribution in [1.82, 2.24) is 0 Å². The molecule has 2 nitrogen and oxygen atoms in total. The Bertz CT molecular complexity index is 174. The summed E-state index contributed by atoms with van der Waals surface area (Å²) in [6, 6.07) is 0. The minimum Gasteiger partial charge on any atom is -0.501 e. The van der Waals surface area contributed by atoms with Crippen LogP contribution < -0.4 is 0 Å². The molecule has 0 unspecified atom stereocenters. The number of ether oxygens (including phenoxy) is 2. The first-order chi connectivity index (χ1) is 5.91. The Morgan fingerprint density at radius 2 is 1.33 bits per heavy atom. The van der Waals surface area contributed by atoms with Crippen LogP contribution in [0.4, 0.5) is 0 Å². The molecule has 0 aromatic heterocycles. The molecule has 0 bridgehead atoms. The molecule has 2 heteroatoms. The third kappa shape index (κ3) is 8.64. The summed E-state index contributed by atoms with van der Waals surface area (Å²) < 4.78 is 9.85. The Hall–Kier alpha value is -1.36. The van der Waals surface area contributed by atoms with E-state index in [-0.39, 0.29) is 0 Å². The molecule has 0 N–H and O–H groups in total. The second-order valence-corrected chi connectivity index (χ2v) is 1.80. The van der Waals surface area contributed by atoms with Gasteiger partial charge in [-0.1, -0.05) is 11.8 Å². The van der Waals surface area contributed by atoms with Crippen molar-refractivity contribution in [2.24, 2.45) is 0 Å². The average molecular weight is 166 g/mol. The summed E-state index contributed by atoms with van der Waals surface area (Å²) in [5.74, 6) is 5.51. The van der Waals surface area contributed by atoms with Crippen LogP contribution in [0.5, 0.6) is 0 Å². The monoisotopic (exact) mass is 166 g/mol. The predicted molar refractivity (Wildman–Crippen MR) is 49.3 cm³/mol. The van der Waals surface area contributed by atoms with E-state index in [0.717, 1.165) is 0 Å². The van der Waals surface area contributed by atoms with E-state index in [1.54, 1.807) is 24.7 Å². The lowest BCUT2D eigenvalue weighted by Crippen LogP contribution is -1.75. The van der Waals surface area contributed by atoms with Crippen LogP contribution in [0.1, 0.15) is 13.8 Å². The lowest BCUT2D eigenvalue weighted by Gasteiger charge is -1.87. The molecule has 0 saturated carbocycles. The van der Waals surface area contributed by atoms with Gasteiger partial charge in [0.05, 0.1) is 25.7 Å². The van der Waals surface area contributed by atoms with Crippen molar-refractivity contribution < 1.29 is 9.47 Å². The van der Waals surface area contributed by atoms with Crippen LogP contribution in [0, 0.1) is 11.8 Å². The van der Waals surface area contributed by atoms with Crippen LogP contribution in [-0.2, 0) is 9.47 Å². The van der Waals surface area contributed by atoms with E-state index in [2.05, 4.69) is 11.8 Å². The van der Waals surface area contributed by atoms with Crippen molar-refractivity contribution in [1.29, 1.82) is 0 Å². The zero-order valence-electron chi connectivity index (χ0n) is 7.54.